The van der Waals surface area contributed by atoms with Crippen molar-refractivity contribution >= 4 is 5.91 Å². The molecule has 0 radical (unpaired) electrons. The summed E-state index contributed by atoms with van der Waals surface area (Å²) in [6.07, 6.45) is 2.23. The Morgan fingerprint density at radius 2 is 1.87 bits per heavy atom. The minimum absolute atomic E-state index is 0.0387. The molecular weight excluding hydrogens is 190 g/mol. The van der Waals surface area contributed by atoms with E-state index < -0.39 is 0 Å². The topological polar surface area (TPSA) is 40.5 Å². The van der Waals surface area contributed by atoms with Crippen molar-refractivity contribution in [1.29, 1.82) is 0 Å². The zero-order valence-corrected chi connectivity index (χ0v) is 10.1. The van der Waals surface area contributed by atoms with Gasteiger partial charge in [-0.25, -0.2) is 0 Å². The van der Waals surface area contributed by atoms with E-state index in [9.17, 15) is 4.79 Å². The number of aliphatic hydroxyl groups excluding tert-OH is 1. The van der Waals surface area contributed by atoms with Crippen molar-refractivity contribution in [2.75, 3.05) is 19.7 Å². The molecule has 1 heterocycles. The number of carbonyl (C=O) groups excluding carboxylic acids is 1. The van der Waals surface area contributed by atoms with Gasteiger partial charge in [0.1, 0.15) is 0 Å². The molecule has 1 saturated heterocycles. The minimum Gasteiger partial charge on any atom is -0.396 e. The molecule has 0 saturated carbocycles. The molecule has 3 nitrogen and oxygen atoms in total. The first kappa shape index (κ1) is 12.5. The Hall–Kier alpha value is -0.570. The van der Waals surface area contributed by atoms with Crippen LogP contribution in [0.3, 0.4) is 0 Å². The molecule has 0 aromatic heterocycles. The van der Waals surface area contributed by atoms with Crippen molar-refractivity contribution in [3.8, 4) is 0 Å². The number of hydrogen-bond acceptors (Lipinski definition) is 2. The summed E-state index contributed by atoms with van der Waals surface area (Å²) in [5.74, 6) is 1.36. The quantitative estimate of drug-likeness (QED) is 0.772. The first-order chi connectivity index (χ1) is 7.06. The maximum absolute atomic E-state index is 11.8. The second-order valence-electron chi connectivity index (χ2n) is 4.99. The molecule has 0 unspecified atom stereocenters. The molecule has 0 aromatic rings. The van der Waals surface area contributed by atoms with E-state index in [1.54, 1.807) is 6.92 Å². The van der Waals surface area contributed by atoms with Gasteiger partial charge in [-0.15, -0.1) is 0 Å². The Morgan fingerprint density at radius 1 is 1.33 bits per heavy atom. The highest BCUT2D eigenvalue weighted by molar-refractivity contribution is 5.78. The van der Waals surface area contributed by atoms with E-state index in [1.807, 2.05) is 4.90 Å². The molecule has 88 valence electrons. The molecule has 0 aromatic carbocycles. The Labute approximate surface area is 92.5 Å². The van der Waals surface area contributed by atoms with Crippen LogP contribution in [-0.4, -0.2) is 35.6 Å². The van der Waals surface area contributed by atoms with Crippen LogP contribution in [0.5, 0.6) is 0 Å². The van der Waals surface area contributed by atoms with E-state index in [4.69, 9.17) is 5.11 Å². The van der Waals surface area contributed by atoms with Gasteiger partial charge in [-0.3, -0.25) is 4.79 Å². The van der Waals surface area contributed by atoms with Crippen LogP contribution in [0.4, 0.5) is 0 Å². The molecular formula is C12H23NO2. The zero-order valence-electron chi connectivity index (χ0n) is 10.1. The van der Waals surface area contributed by atoms with E-state index in [-0.39, 0.29) is 18.4 Å². The number of piperidine rings is 1. The fraction of sp³-hybridized carbons (Fsp3) is 0.917. The van der Waals surface area contributed by atoms with Crippen molar-refractivity contribution in [3.63, 3.8) is 0 Å². The van der Waals surface area contributed by atoms with Crippen LogP contribution < -0.4 is 0 Å². The van der Waals surface area contributed by atoms with Crippen LogP contribution in [0.1, 0.15) is 33.6 Å². The van der Waals surface area contributed by atoms with Crippen LogP contribution in [0.25, 0.3) is 0 Å². The average Bonchev–Trinajstić information content (AvgIpc) is 2.27. The van der Waals surface area contributed by atoms with Crippen LogP contribution in [-0.2, 0) is 4.79 Å². The Kier molecular flexibility index (Phi) is 4.58. The third kappa shape index (κ3) is 3.20. The highest BCUT2D eigenvalue weighted by atomic mass is 16.3. The summed E-state index contributed by atoms with van der Waals surface area (Å²) >= 11 is 0. The lowest BCUT2D eigenvalue weighted by atomic mass is 9.86. The van der Waals surface area contributed by atoms with Crippen molar-refractivity contribution in [3.05, 3.63) is 0 Å². The Bertz CT molecular complexity index is 208. The second kappa shape index (κ2) is 5.50. The normalized spacial score (nSPS) is 20.7. The molecule has 1 rings (SSSR count). The fourth-order valence-electron chi connectivity index (χ4n) is 2.18. The summed E-state index contributed by atoms with van der Waals surface area (Å²) in [6.45, 7) is 7.98. The lowest BCUT2D eigenvalue weighted by Crippen LogP contribution is -2.42. The van der Waals surface area contributed by atoms with Crippen LogP contribution >= 0.6 is 0 Å². The molecule has 0 aliphatic carbocycles. The monoisotopic (exact) mass is 213 g/mol. The van der Waals surface area contributed by atoms with E-state index in [0.717, 1.165) is 37.8 Å². The van der Waals surface area contributed by atoms with Gasteiger partial charge in [0.05, 0.1) is 12.5 Å². The molecule has 1 aliphatic rings. The highest BCUT2D eigenvalue weighted by Crippen LogP contribution is 2.25. The highest BCUT2D eigenvalue weighted by Gasteiger charge is 2.26. The van der Waals surface area contributed by atoms with Gasteiger partial charge in [0.15, 0.2) is 0 Å². The van der Waals surface area contributed by atoms with Crippen molar-refractivity contribution in [1.82, 2.24) is 4.90 Å². The van der Waals surface area contributed by atoms with Gasteiger partial charge in [-0.1, -0.05) is 20.8 Å². The van der Waals surface area contributed by atoms with E-state index >= 15 is 0 Å². The standard InChI is InChI=1S/C12H23NO2/c1-9(2)11-4-6-13(7-5-11)12(15)10(3)8-14/h9-11,14H,4-8H2,1-3H3/t10-/m0/s1. The number of likely N-dealkylation sites (tertiary alicyclic amines) is 1. The van der Waals surface area contributed by atoms with Crippen LogP contribution in [0.2, 0.25) is 0 Å². The predicted molar refractivity (Wildman–Crippen MR) is 60.4 cm³/mol. The zero-order chi connectivity index (χ0) is 11.4. The number of rotatable bonds is 3. The molecule has 1 fully saturated rings. The first-order valence-corrected chi connectivity index (χ1v) is 5.96. The van der Waals surface area contributed by atoms with E-state index in [0.29, 0.717) is 0 Å². The minimum atomic E-state index is -0.236. The van der Waals surface area contributed by atoms with Gasteiger partial charge in [-0.2, -0.15) is 0 Å². The summed E-state index contributed by atoms with van der Waals surface area (Å²) < 4.78 is 0. The molecule has 1 atom stereocenters. The lowest BCUT2D eigenvalue weighted by Gasteiger charge is -2.35. The summed E-state index contributed by atoms with van der Waals surface area (Å²) in [6, 6.07) is 0. The van der Waals surface area contributed by atoms with Gasteiger partial charge in [0.25, 0.3) is 0 Å². The largest absolute Gasteiger partial charge is 0.396 e. The summed E-state index contributed by atoms with van der Waals surface area (Å²) in [5, 5.41) is 8.93. The Balaban J connectivity index is 2.40. The fourth-order valence-corrected chi connectivity index (χ4v) is 2.18. The average molecular weight is 213 g/mol. The number of aliphatic hydroxyl groups is 1. The molecule has 3 heteroatoms. The molecule has 1 amide bonds. The van der Waals surface area contributed by atoms with Crippen molar-refractivity contribution in [2.45, 2.75) is 33.6 Å². The van der Waals surface area contributed by atoms with E-state index in [1.165, 1.54) is 0 Å². The third-order valence-electron chi connectivity index (χ3n) is 3.49. The third-order valence-corrected chi connectivity index (χ3v) is 3.49. The van der Waals surface area contributed by atoms with E-state index in [2.05, 4.69) is 13.8 Å². The predicted octanol–water partition coefficient (Wildman–Crippen LogP) is 1.51. The molecule has 0 bridgehead atoms. The summed E-state index contributed by atoms with van der Waals surface area (Å²) in [7, 11) is 0. The smallest absolute Gasteiger partial charge is 0.227 e. The molecule has 1 N–H and O–H groups in total. The number of nitrogens with zero attached hydrogens (tertiary/aromatic N) is 1. The maximum Gasteiger partial charge on any atom is 0.227 e. The number of carbonyl (C=O) groups is 1. The van der Waals surface area contributed by atoms with Gasteiger partial charge >= 0.3 is 0 Å². The summed E-state index contributed by atoms with van der Waals surface area (Å²) in [4.78, 5) is 13.7. The van der Waals surface area contributed by atoms with Crippen molar-refractivity contribution < 1.29 is 9.90 Å². The molecule has 1 aliphatic heterocycles. The van der Waals surface area contributed by atoms with Crippen molar-refractivity contribution in [2.24, 2.45) is 17.8 Å². The number of amides is 1. The van der Waals surface area contributed by atoms with Gasteiger partial charge in [0.2, 0.25) is 5.91 Å². The SMILES string of the molecule is CC(C)C1CCN(C(=O)[C@@H](C)CO)CC1. The van der Waals surface area contributed by atoms with Crippen LogP contribution in [0.15, 0.2) is 0 Å². The first-order valence-electron chi connectivity index (χ1n) is 5.96. The van der Waals surface area contributed by atoms with Crippen LogP contribution in [0, 0.1) is 17.8 Å². The summed E-state index contributed by atoms with van der Waals surface area (Å²) in [5.41, 5.74) is 0. The van der Waals surface area contributed by atoms with Gasteiger partial charge in [0, 0.05) is 13.1 Å². The second-order valence-corrected chi connectivity index (χ2v) is 4.99. The Morgan fingerprint density at radius 3 is 2.27 bits per heavy atom. The van der Waals surface area contributed by atoms with Gasteiger partial charge < -0.3 is 10.0 Å². The number of hydrogen-bond donors (Lipinski definition) is 1. The maximum atomic E-state index is 11.8. The lowest BCUT2D eigenvalue weighted by molar-refractivity contribution is -0.137. The van der Waals surface area contributed by atoms with Gasteiger partial charge in [-0.05, 0) is 24.7 Å². The molecule has 15 heavy (non-hydrogen) atoms. The molecule has 0 spiro atoms.